The van der Waals surface area contributed by atoms with Gasteiger partial charge in [0.25, 0.3) is 0 Å². The van der Waals surface area contributed by atoms with Crippen molar-refractivity contribution < 1.29 is 22.3 Å². The summed E-state index contributed by atoms with van der Waals surface area (Å²) in [4.78, 5) is 7.31. The third-order valence-corrected chi connectivity index (χ3v) is 8.32. The standard InChI is InChI=1S/C24H20N2O5S2/c27-33(28,18-7-8-19-20(14-18)30-12-11-29-19)23-24(31-22(25-23)21-6-3-13-32-21)26-10-9-16-4-1-2-5-17(16)15-26/h1-8,13-14H,9-12,15H2. The molecule has 7 nitrogen and oxygen atoms in total. The van der Waals surface area contributed by atoms with Crippen LogP contribution < -0.4 is 14.4 Å². The van der Waals surface area contributed by atoms with E-state index >= 15 is 0 Å². The highest BCUT2D eigenvalue weighted by Crippen LogP contribution is 2.40. The summed E-state index contributed by atoms with van der Waals surface area (Å²) in [6, 6.07) is 16.6. The predicted octanol–water partition coefficient (Wildman–Crippen LogP) is 4.57. The lowest BCUT2D eigenvalue weighted by Gasteiger charge is -2.28. The molecule has 0 N–H and O–H groups in total. The maximum absolute atomic E-state index is 13.8. The summed E-state index contributed by atoms with van der Waals surface area (Å²) in [6.07, 6.45) is 0.800. The molecule has 0 atom stereocenters. The monoisotopic (exact) mass is 480 g/mol. The fourth-order valence-electron chi connectivity index (χ4n) is 4.15. The van der Waals surface area contributed by atoms with Crippen LogP contribution in [0.5, 0.6) is 11.5 Å². The number of ether oxygens (including phenoxy) is 2. The molecule has 2 aliphatic rings. The summed E-state index contributed by atoms with van der Waals surface area (Å²) < 4.78 is 44.8. The normalized spacial score (nSPS) is 15.3. The lowest BCUT2D eigenvalue weighted by atomic mass is 10.0. The van der Waals surface area contributed by atoms with Gasteiger partial charge in [0.05, 0.1) is 9.77 Å². The van der Waals surface area contributed by atoms with E-state index in [1.807, 2.05) is 34.5 Å². The maximum atomic E-state index is 13.8. The molecule has 0 saturated carbocycles. The van der Waals surface area contributed by atoms with Crippen LogP contribution in [-0.4, -0.2) is 33.2 Å². The third kappa shape index (κ3) is 3.57. The number of hydrogen-bond donors (Lipinski definition) is 0. The van der Waals surface area contributed by atoms with Crippen molar-refractivity contribution in [2.45, 2.75) is 22.9 Å². The molecule has 0 amide bonds. The van der Waals surface area contributed by atoms with Crippen molar-refractivity contribution in [3.05, 3.63) is 71.1 Å². The zero-order valence-corrected chi connectivity index (χ0v) is 19.2. The molecule has 0 spiro atoms. The minimum atomic E-state index is -3.98. The highest BCUT2D eigenvalue weighted by atomic mass is 32.2. The number of rotatable bonds is 4. The fraction of sp³-hybridized carbons (Fsp3) is 0.208. The Morgan fingerprint density at radius 1 is 0.939 bits per heavy atom. The molecule has 0 aliphatic carbocycles. The summed E-state index contributed by atoms with van der Waals surface area (Å²) >= 11 is 1.45. The first-order chi connectivity index (χ1) is 16.1. The summed E-state index contributed by atoms with van der Waals surface area (Å²) in [6.45, 7) is 2.01. The second-order valence-corrected chi connectivity index (χ2v) is 10.7. The van der Waals surface area contributed by atoms with E-state index < -0.39 is 9.84 Å². The zero-order valence-electron chi connectivity index (χ0n) is 17.6. The Balaban J connectivity index is 1.46. The van der Waals surface area contributed by atoms with Crippen molar-refractivity contribution in [1.82, 2.24) is 4.98 Å². The van der Waals surface area contributed by atoms with E-state index in [-0.39, 0.29) is 15.8 Å². The number of thiophene rings is 1. The molecule has 168 valence electrons. The molecule has 4 heterocycles. The van der Waals surface area contributed by atoms with Crippen LogP contribution in [0.25, 0.3) is 10.8 Å². The molecule has 0 unspecified atom stereocenters. The Labute approximate surface area is 195 Å². The number of anilines is 1. The largest absolute Gasteiger partial charge is 0.486 e. The average molecular weight is 481 g/mol. The Kier molecular flexibility index (Phi) is 4.88. The number of oxazole rings is 1. The van der Waals surface area contributed by atoms with Gasteiger partial charge in [0.1, 0.15) is 13.2 Å². The molecule has 33 heavy (non-hydrogen) atoms. The number of fused-ring (bicyclic) bond motifs is 2. The lowest BCUT2D eigenvalue weighted by molar-refractivity contribution is 0.171. The fourth-order valence-corrected chi connectivity index (χ4v) is 6.14. The van der Waals surface area contributed by atoms with Crippen LogP contribution in [0.15, 0.2) is 74.3 Å². The van der Waals surface area contributed by atoms with Gasteiger partial charge in [0.2, 0.25) is 26.6 Å². The van der Waals surface area contributed by atoms with Gasteiger partial charge in [-0.15, -0.1) is 11.3 Å². The first kappa shape index (κ1) is 20.3. The van der Waals surface area contributed by atoms with E-state index in [0.717, 1.165) is 16.9 Å². The number of hydrogen-bond acceptors (Lipinski definition) is 8. The SMILES string of the molecule is O=S(=O)(c1ccc2c(c1)OCCO2)c1nc(-c2cccs2)oc1N1CCc2ccccc2C1. The van der Waals surface area contributed by atoms with Gasteiger partial charge >= 0.3 is 0 Å². The number of benzene rings is 2. The second kappa shape index (κ2) is 7.93. The van der Waals surface area contributed by atoms with Crippen LogP contribution in [0, 0.1) is 0 Å². The van der Waals surface area contributed by atoms with Crippen LogP contribution in [-0.2, 0) is 22.8 Å². The van der Waals surface area contributed by atoms with E-state index in [0.29, 0.717) is 43.7 Å². The van der Waals surface area contributed by atoms with Crippen molar-refractivity contribution in [2.75, 3.05) is 24.7 Å². The molecule has 4 aromatic rings. The molecule has 2 aliphatic heterocycles. The summed E-state index contributed by atoms with van der Waals surface area (Å²) in [5, 5.41) is 1.83. The van der Waals surface area contributed by atoms with Crippen LogP contribution in [0.2, 0.25) is 0 Å². The van der Waals surface area contributed by atoms with E-state index in [1.54, 1.807) is 6.07 Å². The molecular formula is C24H20N2O5S2. The molecule has 0 fully saturated rings. The highest BCUT2D eigenvalue weighted by molar-refractivity contribution is 7.91. The maximum Gasteiger partial charge on any atom is 0.240 e. The van der Waals surface area contributed by atoms with Crippen LogP contribution in [0.3, 0.4) is 0 Å². The highest BCUT2D eigenvalue weighted by Gasteiger charge is 2.33. The lowest BCUT2D eigenvalue weighted by Crippen LogP contribution is -2.31. The first-order valence-corrected chi connectivity index (χ1v) is 13.0. The van der Waals surface area contributed by atoms with Crippen LogP contribution >= 0.6 is 11.3 Å². The molecule has 2 aromatic carbocycles. The molecule has 0 radical (unpaired) electrons. The van der Waals surface area contributed by atoms with Crippen molar-refractivity contribution in [3.8, 4) is 22.3 Å². The molecule has 0 bridgehead atoms. The third-order valence-electron chi connectivity index (χ3n) is 5.81. The molecule has 9 heteroatoms. The summed E-state index contributed by atoms with van der Waals surface area (Å²) in [5.74, 6) is 1.52. The van der Waals surface area contributed by atoms with Gasteiger partial charge in [-0.2, -0.15) is 4.98 Å². The van der Waals surface area contributed by atoms with Crippen LogP contribution in [0.1, 0.15) is 11.1 Å². The number of sulfone groups is 1. The topological polar surface area (TPSA) is 81.9 Å². The van der Waals surface area contributed by atoms with Gasteiger partial charge in [0, 0.05) is 19.2 Å². The Morgan fingerprint density at radius 2 is 1.76 bits per heavy atom. The zero-order chi connectivity index (χ0) is 22.4. The quantitative estimate of drug-likeness (QED) is 0.423. The second-order valence-electron chi connectivity index (χ2n) is 7.86. The number of nitrogens with zero attached hydrogens (tertiary/aromatic N) is 2. The summed E-state index contributed by atoms with van der Waals surface area (Å²) in [5.41, 5.74) is 2.42. The van der Waals surface area contributed by atoms with Gasteiger partial charge < -0.3 is 18.8 Å². The van der Waals surface area contributed by atoms with Gasteiger partial charge in [0.15, 0.2) is 11.5 Å². The van der Waals surface area contributed by atoms with Crippen molar-refractivity contribution in [1.29, 1.82) is 0 Å². The van der Waals surface area contributed by atoms with Crippen molar-refractivity contribution in [3.63, 3.8) is 0 Å². The van der Waals surface area contributed by atoms with E-state index in [4.69, 9.17) is 13.9 Å². The molecule has 0 saturated heterocycles. The first-order valence-electron chi connectivity index (χ1n) is 10.6. The number of aromatic nitrogens is 1. The Bertz CT molecular complexity index is 1430. The van der Waals surface area contributed by atoms with Crippen molar-refractivity contribution in [2.24, 2.45) is 0 Å². The van der Waals surface area contributed by atoms with Gasteiger partial charge in [-0.25, -0.2) is 8.42 Å². The Morgan fingerprint density at radius 3 is 2.58 bits per heavy atom. The predicted molar refractivity (Wildman–Crippen MR) is 124 cm³/mol. The Hall–Kier alpha value is -3.30. The molecule has 6 rings (SSSR count). The minimum Gasteiger partial charge on any atom is -0.486 e. The van der Waals surface area contributed by atoms with E-state index in [9.17, 15) is 8.42 Å². The van der Waals surface area contributed by atoms with Gasteiger partial charge in [-0.1, -0.05) is 30.3 Å². The van der Waals surface area contributed by atoms with E-state index in [1.165, 1.54) is 29.0 Å². The van der Waals surface area contributed by atoms with Crippen LogP contribution in [0.4, 0.5) is 5.88 Å². The van der Waals surface area contributed by atoms with E-state index in [2.05, 4.69) is 17.1 Å². The molecular weight excluding hydrogens is 460 g/mol. The van der Waals surface area contributed by atoms with Gasteiger partial charge in [-0.3, -0.25) is 0 Å². The minimum absolute atomic E-state index is 0.0815. The average Bonchev–Trinajstić information content (AvgIpc) is 3.54. The smallest absolute Gasteiger partial charge is 0.240 e. The summed E-state index contributed by atoms with van der Waals surface area (Å²) in [7, 11) is -3.98. The molecule has 2 aromatic heterocycles. The van der Waals surface area contributed by atoms with Gasteiger partial charge in [-0.05, 0) is 41.1 Å². The van der Waals surface area contributed by atoms with Crippen molar-refractivity contribution >= 4 is 27.1 Å².